The van der Waals surface area contributed by atoms with Crippen LogP contribution in [0.3, 0.4) is 0 Å². The van der Waals surface area contributed by atoms with Crippen molar-refractivity contribution in [3.8, 4) is 5.75 Å². The molecular weight excluding hydrogens is 502 g/mol. The fourth-order valence-corrected chi connectivity index (χ4v) is 3.55. The number of amides is 2. The van der Waals surface area contributed by atoms with Crippen LogP contribution in [0.15, 0.2) is 71.2 Å². The molecule has 0 spiro atoms. The average molecular weight is 519 g/mol. The molecule has 0 saturated carbocycles. The van der Waals surface area contributed by atoms with Gasteiger partial charge in [0.05, 0.1) is 4.47 Å². The van der Waals surface area contributed by atoms with Crippen molar-refractivity contribution in [2.75, 3.05) is 6.61 Å². The lowest BCUT2D eigenvalue weighted by molar-refractivity contribution is -0.123. The molecule has 3 aromatic carbocycles. The first-order chi connectivity index (χ1) is 14.9. The van der Waals surface area contributed by atoms with Crippen LogP contribution in [-0.4, -0.2) is 23.5 Å². The van der Waals surface area contributed by atoms with E-state index in [1.807, 2.05) is 36.4 Å². The smallest absolute Gasteiger partial charge is 0.276 e. The van der Waals surface area contributed by atoms with Crippen LogP contribution < -0.4 is 20.9 Å². The first-order valence-corrected chi connectivity index (χ1v) is 10.6. The van der Waals surface area contributed by atoms with Gasteiger partial charge in [-0.1, -0.05) is 60.1 Å². The van der Waals surface area contributed by atoms with E-state index in [4.69, 9.17) is 28.6 Å². The molecule has 0 atom stereocenters. The molecule has 3 rings (SSSR count). The summed E-state index contributed by atoms with van der Waals surface area (Å²) in [6.07, 6.45) is 2.85. The number of hydrogen-bond acceptors (Lipinski definition) is 4. The third kappa shape index (κ3) is 6.52. The molecule has 3 N–H and O–H groups in total. The number of halogens is 2. The van der Waals surface area contributed by atoms with Gasteiger partial charge in [-0.05, 0) is 62.7 Å². The summed E-state index contributed by atoms with van der Waals surface area (Å²) in [5.41, 5.74) is 5.52. The minimum atomic E-state index is -0.469. The van der Waals surface area contributed by atoms with Crippen LogP contribution in [0.1, 0.15) is 5.56 Å². The summed E-state index contributed by atoms with van der Waals surface area (Å²) in [5.74, 6) is -0.402. The number of hydrogen-bond donors (Lipinski definition) is 3. The van der Waals surface area contributed by atoms with Gasteiger partial charge in [-0.25, -0.2) is 0 Å². The molecule has 31 heavy (non-hydrogen) atoms. The molecule has 0 radical (unpaired) electrons. The Morgan fingerprint density at radius 3 is 2.58 bits per heavy atom. The number of rotatable bonds is 5. The first-order valence-electron chi connectivity index (χ1n) is 9.06. The third-order valence-corrected chi connectivity index (χ3v) is 5.42. The molecule has 158 valence electrons. The van der Waals surface area contributed by atoms with Gasteiger partial charge in [-0.15, -0.1) is 0 Å². The van der Waals surface area contributed by atoms with E-state index in [9.17, 15) is 9.59 Å². The highest BCUT2D eigenvalue weighted by Crippen LogP contribution is 2.32. The summed E-state index contributed by atoms with van der Waals surface area (Å²) in [6, 6.07) is 18.6. The van der Waals surface area contributed by atoms with Crippen LogP contribution in [0.2, 0.25) is 5.02 Å². The second-order valence-corrected chi connectivity index (χ2v) is 7.84. The van der Waals surface area contributed by atoms with E-state index in [-0.39, 0.29) is 11.7 Å². The molecule has 6 nitrogen and oxygen atoms in total. The number of ether oxygens (including phenoxy) is 1. The third-order valence-electron chi connectivity index (χ3n) is 4.06. The quantitative estimate of drug-likeness (QED) is 0.266. The number of hydrazine groups is 1. The van der Waals surface area contributed by atoms with Gasteiger partial charge in [0.1, 0.15) is 5.75 Å². The predicted octanol–water partition coefficient (Wildman–Crippen LogP) is 4.37. The second kappa shape index (κ2) is 10.9. The molecular formula is C22H17BrClN3O3S. The molecule has 0 aliphatic rings. The maximum absolute atomic E-state index is 12.0. The SMILES string of the molecule is O=C(C=Cc1ccccc1Cl)NC(=S)NNC(=O)COc1ccc2ccccc2c1Br. The monoisotopic (exact) mass is 517 g/mol. The number of fused-ring (bicyclic) bond motifs is 1. The molecule has 0 saturated heterocycles. The fraction of sp³-hybridized carbons (Fsp3) is 0.0455. The number of nitrogens with one attached hydrogen (secondary N) is 3. The molecule has 3 aromatic rings. The van der Waals surface area contributed by atoms with Crippen molar-refractivity contribution in [1.82, 2.24) is 16.2 Å². The van der Waals surface area contributed by atoms with E-state index in [0.717, 1.165) is 15.2 Å². The van der Waals surface area contributed by atoms with Crippen molar-refractivity contribution in [3.63, 3.8) is 0 Å². The van der Waals surface area contributed by atoms with E-state index >= 15 is 0 Å². The van der Waals surface area contributed by atoms with Crippen LogP contribution >= 0.6 is 39.7 Å². The molecule has 0 aliphatic heterocycles. The van der Waals surface area contributed by atoms with Gasteiger partial charge in [0.2, 0.25) is 5.91 Å². The fourth-order valence-electron chi connectivity index (χ4n) is 2.59. The van der Waals surface area contributed by atoms with E-state index < -0.39 is 11.8 Å². The highest BCUT2D eigenvalue weighted by atomic mass is 79.9. The lowest BCUT2D eigenvalue weighted by Gasteiger charge is -2.12. The largest absolute Gasteiger partial charge is 0.483 e. The van der Waals surface area contributed by atoms with Crippen molar-refractivity contribution >= 4 is 73.5 Å². The number of benzene rings is 3. The molecule has 9 heteroatoms. The molecule has 0 bridgehead atoms. The van der Waals surface area contributed by atoms with Crippen LogP contribution in [-0.2, 0) is 9.59 Å². The van der Waals surface area contributed by atoms with Crippen molar-refractivity contribution in [2.45, 2.75) is 0 Å². The lowest BCUT2D eigenvalue weighted by atomic mass is 10.1. The Kier molecular flexibility index (Phi) is 8.00. The van der Waals surface area contributed by atoms with E-state index in [2.05, 4.69) is 32.1 Å². The Labute approximate surface area is 197 Å². The van der Waals surface area contributed by atoms with Gasteiger partial charge in [0.25, 0.3) is 5.91 Å². The maximum atomic E-state index is 12.0. The summed E-state index contributed by atoms with van der Waals surface area (Å²) in [4.78, 5) is 23.9. The van der Waals surface area contributed by atoms with Crippen LogP contribution in [0.25, 0.3) is 16.8 Å². The predicted molar refractivity (Wildman–Crippen MR) is 130 cm³/mol. The van der Waals surface area contributed by atoms with Gasteiger partial charge in [0.15, 0.2) is 11.7 Å². The molecule has 0 heterocycles. The highest BCUT2D eigenvalue weighted by molar-refractivity contribution is 9.10. The first kappa shape index (κ1) is 22.7. The minimum absolute atomic E-state index is 0.0611. The Hall–Kier alpha value is -2.94. The Morgan fingerprint density at radius 1 is 1.03 bits per heavy atom. The summed E-state index contributed by atoms with van der Waals surface area (Å²) >= 11 is 14.5. The zero-order valence-corrected chi connectivity index (χ0v) is 19.2. The molecule has 0 unspecified atom stereocenters. The summed E-state index contributed by atoms with van der Waals surface area (Å²) in [5, 5.41) is 4.91. The van der Waals surface area contributed by atoms with Crippen molar-refractivity contribution in [1.29, 1.82) is 0 Å². The maximum Gasteiger partial charge on any atom is 0.276 e. The number of thiocarbonyl (C=S) groups is 1. The van der Waals surface area contributed by atoms with Crippen LogP contribution in [0, 0.1) is 0 Å². The van der Waals surface area contributed by atoms with Gasteiger partial charge in [-0.3, -0.25) is 25.8 Å². The van der Waals surface area contributed by atoms with E-state index in [0.29, 0.717) is 16.3 Å². The van der Waals surface area contributed by atoms with E-state index in [1.165, 1.54) is 6.08 Å². The van der Waals surface area contributed by atoms with Gasteiger partial charge in [0, 0.05) is 11.1 Å². The number of carbonyl (C=O) groups is 2. The van der Waals surface area contributed by atoms with Gasteiger partial charge >= 0.3 is 0 Å². The summed E-state index contributed by atoms with van der Waals surface area (Å²) < 4.78 is 6.33. The van der Waals surface area contributed by atoms with E-state index in [1.54, 1.807) is 30.3 Å². The van der Waals surface area contributed by atoms with Crippen molar-refractivity contribution in [2.24, 2.45) is 0 Å². The highest BCUT2D eigenvalue weighted by Gasteiger charge is 2.09. The van der Waals surface area contributed by atoms with Crippen LogP contribution in [0.5, 0.6) is 5.75 Å². The topological polar surface area (TPSA) is 79.5 Å². The lowest BCUT2D eigenvalue weighted by Crippen LogP contribution is -2.49. The minimum Gasteiger partial charge on any atom is -0.483 e. The van der Waals surface area contributed by atoms with Crippen molar-refractivity contribution in [3.05, 3.63) is 81.8 Å². The normalized spacial score (nSPS) is 10.6. The van der Waals surface area contributed by atoms with Gasteiger partial charge in [-0.2, -0.15) is 0 Å². The molecule has 0 aromatic heterocycles. The van der Waals surface area contributed by atoms with Crippen LogP contribution in [0.4, 0.5) is 0 Å². The molecule has 2 amide bonds. The Morgan fingerprint density at radius 2 is 1.77 bits per heavy atom. The standard InChI is InChI=1S/C22H17BrClN3O3S/c23-21-16-7-3-1-5-14(16)9-11-18(21)30-13-20(29)26-27-22(31)25-19(28)12-10-15-6-2-4-8-17(15)24/h1-12H,13H2,(H,26,29)(H2,25,27,28,31). The summed E-state index contributed by atoms with van der Waals surface area (Å²) in [6.45, 7) is -0.243. The van der Waals surface area contributed by atoms with Gasteiger partial charge < -0.3 is 4.74 Å². The zero-order chi connectivity index (χ0) is 22.2. The molecule has 0 aliphatic carbocycles. The molecule has 0 fully saturated rings. The second-order valence-electron chi connectivity index (χ2n) is 6.23. The average Bonchev–Trinajstić information content (AvgIpc) is 2.77. The zero-order valence-electron chi connectivity index (χ0n) is 16.0. The summed E-state index contributed by atoms with van der Waals surface area (Å²) in [7, 11) is 0. The number of carbonyl (C=O) groups excluding carboxylic acids is 2. The van der Waals surface area contributed by atoms with Crippen molar-refractivity contribution < 1.29 is 14.3 Å². The Balaban J connectivity index is 1.44. The Bertz CT molecular complexity index is 1170.